The van der Waals surface area contributed by atoms with Gasteiger partial charge in [-0.15, -0.1) is 0 Å². The largest absolute Gasteiger partial charge is 0.481 e. The third kappa shape index (κ3) is 1.12. The molecule has 0 aromatic heterocycles. The van der Waals surface area contributed by atoms with Crippen molar-refractivity contribution in [1.29, 1.82) is 0 Å². The van der Waals surface area contributed by atoms with Crippen molar-refractivity contribution in [3.8, 4) is 0 Å². The van der Waals surface area contributed by atoms with E-state index < -0.39 is 5.97 Å². The topological polar surface area (TPSA) is 63.3 Å². The highest BCUT2D eigenvalue weighted by molar-refractivity contribution is 5.67. The molecule has 3 nitrogen and oxygen atoms in total. The van der Waals surface area contributed by atoms with E-state index in [4.69, 9.17) is 10.8 Å². The smallest absolute Gasteiger partial charge is 0.303 e. The average molecular weight is 169 g/mol. The van der Waals surface area contributed by atoms with Gasteiger partial charge >= 0.3 is 5.97 Å². The van der Waals surface area contributed by atoms with Crippen LogP contribution in [0.15, 0.2) is 0 Å². The van der Waals surface area contributed by atoms with Gasteiger partial charge in [-0.3, -0.25) is 4.79 Å². The number of hydrogen-bond acceptors (Lipinski definition) is 2. The first kappa shape index (κ1) is 8.05. The van der Waals surface area contributed by atoms with Crippen LogP contribution in [-0.4, -0.2) is 17.1 Å². The lowest BCUT2D eigenvalue weighted by molar-refractivity contribution is -0.138. The summed E-state index contributed by atoms with van der Waals surface area (Å²) in [6.45, 7) is 0. The Balaban J connectivity index is 2.03. The minimum atomic E-state index is -0.661. The fourth-order valence-electron chi connectivity index (χ4n) is 3.05. The van der Waals surface area contributed by atoms with Crippen LogP contribution in [-0.2, 0) is 4.79 Å². The van der Waals surface area contributed by atoms with Crippen LogP contribution in [0.1, 0.15) is 25.7 Å². The van der Waals surface area contributed by atoms with Gasteiger partial charge in [0, 0.05) is 12.5 Å². The SMILES string of the molecule is N[C@H]1C[C@H]2CC[C@H]1[C@@H]2CC(=O)O. The van der Waals surface area contributed by atoms with Crippen LogP contribution in [0, 0.1) is 17.8 Å². The second-order valence-electron chi connectivity index (χ2n) is 4.16. The van der Waals surface area contributed by atoms with Crippen LogP contribution in [0.4, 0.5) is 0 Å². The highest BCUT2D eigenvalue weighted by Crippen LogP contribution is 2.49. The number of nitrogens with two attached hydrogens (primary N) is 1. The molecule has 2 aliphatic carbocycles. The number of hydrogen-bond donors (Lipinski definition) is 2. The fraction of sp³-hybridized carbons (Fsp3) is 0.889. The molecule has 0 heterocycles. The molecular formula is C9H15NO2. The van der Waals surface area contributed by atoms with Crippen molar-refractivity contribution in [1.82, 2.24) is 0 Å². The molecule has 3 heteroatoms. The summed E-state index contributed by atoms with van der Waals surface area (Å²) in [5.74, 6) is 0.843. The van der Waals surface area contributed by atoms with E-state index >= 15 is 0 Å². The van der Waals surface area contributed by atoms with Crippen LogP contribution >= 0.6 is 0 Å². The highest BCUT2D eigenvalue weighted by atomic mass is 16.4. The summed E-state index contributed by atoms with van der Waals surface area (Å²) in [6.07, 6.45) is 3.76. The normalized spacial score (nSPS) is 45.1. The van der Waals surface area contributed by atoms with Crippen molar-refractivity contribution >= 4 is 5.97 Å². The van der Waals surface area contributed by atoms with Crippen molar-refractivity contribution in [3.63, 3.8) is 0 Å². The molecule has 2 saturated carbocycles. The number of carboxylic acid groups (broad SMARTS) is 1. The molecule has 0 amide bonds. The maximum Gasteiger partial charge on any atom is 0.303 e. The number of carboxylic acids is 1. The predicted octanol–water partition coefficient (Wildman–Crippen LogP) is 0.834. The third-order valence-corrected chi connectivity index (χ3v) is 3.56. The predicted molar refractivity (Wildman–Crippen MR) is 44.5 cm³/mol. The minimum absolute atomic E-state index is 0.285. The van der Waals surface area contributed by atoms with Crippen molar-refractivity contribution in [3.05, 3.63) is 0 Å². The molecule has 0 spiro atoms. The molecule has 0 saturated heterocycles. The van der Waals surface area contributed by atoms with E-state index in [1.165, 1.54) is 6.42 Å². The van der Waals surface area contributed by atoms with Gasteiger partial charge in [-0.25, -0.2) is 0 Å². The van der Waals surface area contributed by atoms with Crippen molar-refractivity contribution in [2.24, 2.45) is 23.5 Å². The molecular weight excluding hydrogens is 154 g/mol. The molecule has 2 fully saturated rings. The van der Waals surface area contributed by atoms with Crippen LogP contribution < -0.4 is 5.73 Å². The second-order valence-corrected chi connectivity index (χ2v) is 4.16. The van der Waals surface area contributed by atoms with E-state index in [-0.39, 0.29) is 6.04 Å². The van der Waals surface area contributed by atoms with Gasteiger partial charge in [0.25, 0.3) is 0 Å². The number of fused-ring (bicyclic) bond motifs is 2. The second kappa shape index (κ2) is 2.73. The van der Waals surface area contributed by atoms with E-state index in [1.54, 1.807) is 0 Å². The maximum atomic E-state index is 10.5. The van der Waals surface area contributed by atoms with Crippen molar-refractivity contribution < 1.29 is 9.90 Å². The lowest BCUT2D eigenvalue weighted by atomic mass is 9.93. The van der Waals surface area contributed by atoms with Crippen LogP contribution in [0.25, 0.3) is 0 Å². The van der Waals surface area contributed by atoms with Crippen LogP contribution in [0.5, 0.6) is 0 Å². The number of aliphatic carboxylic acids is 1. The minimum Gasteiger partial charge on any atom is -0.481 e. The van der Waals surface area contributed by atoms with Crippen LogP contribution in [0.2, 0.25) is 0 Å². The zero-order valence-corrected chi connectivity index (χ0v) is 7.07. The van der Waals surface area contributed by atoms with E-state index in [9.17, 15) is 4.79 Å². The van der Waals surface area contributed by atoms with E-state index in [0.29, 0.717) is 24.2 Å². The quantitative estimate of drug-likeness (QED) is 0.643. The Bertz CT molecular complexity index is 205. The lowest BCUT2D eigenvalue weighted by Gasteiger charge is -2.16. The van der Waals surface area contributed by atoms with Gasteiger partial charge in [-0.1, -0.05) is 0 Å². The zero-order valence-electron chi connectivity index (χ0n) is 7.07. The van der Waals surface area contributed by atoms with Gasteiger partial charge < -0.3 is 10.8 Å². The Kier molecular flexibility index (Phi) is 1.83. The molecule has 0 aliphatic heterocycles. The van der Waals surface area contributed by atoms with Gasteiger partial charge in [-0.2, -0.15) is 0 Å². The molecule has 68 valence electrons. The highest BCUT2D eigenvalue weighted by Gasteiger charge is 2.46. The van der Waals surface area contributed by atoms with Gasteiger partial charge in [0.1, 0.15) is 0 Å². The summed E-state index contributed by atoms with van der Waals surface area (Å²) in [7, 11) is 0. The molecule has 0 aromatic carbocycles. The maximum absolute atomic E-state index is 10.5. The fourth-order valence-corrected chi connectivity index (χ4v) is 3.05. The van der Waals surface area contributed by atoms with E-state index in [1.807, 2.05) is 0 Å². The first-order valence-electron chi connectivity index (χ1n) is 4.66. The van der Waals surface area contributed by atoms with Crippen molar-refractivity contribution in [2.45, 2.75) is 31.7 Å². The monoisotopic (exact) mass is 169 g/mol. The van der Waals surface area contributed by atoms with Gasteiger partial charge in [0.2, 0.25) is 0 Å². The number of rotatable bonds is 2. The summed E-state index contributed by atoms with van der Waals surface area (Å²) in [5.41, 5.74) is 5.89. The zero-order chi connectivity index (χ0) is 8.72. The molecule has 12 heavy (non-hydrogen) atoms. The average Bonchev–Trinajstić information content (AvgIpc) is 2.44. The third-order valence-electron chi connectivity index (χ3n) is 3.56. The van der Waals surface area contributed by atoms with Gasteiger partial charge in [0.15, 0.2) is 0 Å². The lowest BCUT2D eigenvalue weighted by Crippen LogP contribution is -2.27. The van der Waals surface area contributed by atoms with Crippen molar-refractivity contribution in [2.75, 3.05) is 0 Å². The summed E-state index contributed by atoms with van der Waals surface area (Å²) >= 11 is 0. The van der Waals surface area contributed by atoms with Crippen LogP contribution in [0.3, 0.4) is 0 Å². The molecule has 2 bridgehead atoms. The number of carbonyl (C=O) groups is 1. The molecule has 2 aliphatic rings. The molecule has 0 unspecified atom stereocenters. The molecule has 3 N–H and O–H groups in total. The Hall–Kier alpha value is -0.570. The molecule has 0 radical (unpaired) electrons. The Labute approximate surface area is 71.9 Å². The Morgan fingerprint density at radius 1 is 1.50 bits per heavy atom. The summed E-state index contributed by atoms with van der Waals surface area (Å²) in [5, 5.41) is 8.68. The molecule has 4 atom stereocenters. The van der Waals surface area contributed by atoms with Gasteiger partial charge in [0.05, 0.1) is 0 Å². The Morgan fingerprint density at radius 3 is 2.67 bits per heavy atom. The molecule has 2 rings (SSSR count). The standard InChI is InChI=1S/C9H15NO2/c10-8-3-5-1-2-6(8)7(5)4-9(11)12/h5-8H,1-4,10H2,(H,11,12)/t5-,6+,7-,8+/m1/s1. The summed E-state index contributed by atoms with van der Waals surface area (Å²) < 4.78 is 0. The van der Waals surface area contributed by atoms with E-state index in [2.05, 4.69) is 0 Å². The van der Waals surface area contributed by atoms with Gasteiger partial charge in [-0.05, 0) is 37.0 Å². The molecule has 0 aromatic rings. The summed E-state index contributed by atoms with van der Waals surface area (Å²) in [6, 6.07) is 0.285. The summed E-state index contributed by atoms with van der Waals surface area (Å²) in [4.78, 5) is 10.5. The Morgan fingerprint density at radius 2 is 2.25 bits per heavy atom. The first-order valence-corrected chi connectivity index (χ1v) is 4.66. The first-order chi connectivity index (χ1) is 5.68. The van der Waals surface area contributed by atoms with E-state index in [0.717, 1.165) is 12.8 Å².